The molecule has 10 nitrogen and oxygen atoms in total. The molecule has 0 amide bonds. The number of nitrogens with zero attached hydrogens (tertiary/aromatic N) is 5. The van der Waals surface area contributed by atoms with E-state index in [1.54, 1.807) is 0 Å². The highest BCUT2D eigenvalue weighted by atomic mass is 16.5. The van der Waals surface area contributed by atoms with Crippen LogP contribution in [0.2, 0.25) is 0 Å². The molecule has 0 radical (unpaired) electrons. The summed E-state index contributed by atoms with van der Waals surface area (Å²) in [6.07, 6.45) is 6.02. The molecule has 0 bridgehead atoms. The fourth-order valence-electron chi connectivity index (χ4n) is 4.84. The number of hydrogen-bond donors (Lipinski definition) is 3. The van der Waals surface area contributed by atoms with E-state index in [2.05, 4.69) is 61.0 Å². The van der Waals surface area contributed by atoms with Crippen molar-refractivity contribution in [3.63, 3.8) is 0 Å². The molecule has 1 fully saturated rings. The second-order valence-corrected chi connectivity index (χ2v) is 10.2. The molecular weight excluding hydrogens is 480 g/mol. The molecule has 2 aliphatic heterocycles. The van der Waals surface area contributed by atoms with E-state index in [0.717, 1.165) is 36.7 Å². The van der Waals surface area contributed by atoms with Crippen LogP contribution in [0.25, 0.3) is 11.3 Å². The largest absolute Gasteiger partial charge is 0.476 e. The van der Waals surface area contributed by atoms with Gasteiger partial charge in [-0.25, -0.2) is 5.01 Å². The van der Waals surface area contributed by atoms with Gasteiger partial charge in [0.05, 0.1) is 12.6 Å². The minimum Gasteiger partial charge on any atom is -0.476 e. The highest BCUT2D eigenvalue weighted by Crippen LogP contribution is 2.23. The van der Waals surface area contributed by atoms with E-state index in [0.29, 0.717) is 48.5 Å². The van der Waals surface area contributed by atoms with Gasteiger partial charge in [-0.05, 0) is 37.9 Å². The van der Waals surface area contributed by atoms with Crippen molar-refractivity contribution in [3.8, 4) is 17.1 Å². The summed E-state index contributed by atoms with van der Waals surface area (Å²) in [6.45, 7) is 8.56. The van der Waals surface area contributed by atoms with Gasteiger partial charge in [0.1, 0.15) is 23.9 Å². The molecule has 1 saturated heterocycles. The molecular formula is C28H38N8O2. The Hall–Kier alpha value is -3.63. The maximum Gasteiger partial charge on any atom is 0.228 e. The van der Waals surface area contributed by atoms with Crippen LogP contribution in [0, 0.1) is 5.92 Å². The third-order valence-corrected chi connectivity index (χ3v) is 6.89. The van der Waals surface area contributed by atoms with E-state index in [4.69, 9.17) is 9.26 Å². The summed E-state index contributed by atoms with van der Waals surface area (Å²) in [4.78, 5) is 11.7. The molecule has 0 aliphatic carbocycles. The summed E-state index contributed by atoms with van der Waals surface area (Å²) in [5.74, 6) is 3.68. The van der Waals surface area contributed by atoms with Gasteiger partial charge in [0, 0.05) is 31.3 Å². The van der Waals surface area contributed by atoms with Gasteiger partial charge in [0.15, 0.2) is 5.76 Å². The molecule has 0 spiro atoms. The summed E-state index contributed by atoms with van der Waals surface area (Å²) < 4.78 is 11.6. The number of piperidine rings is 1. The number of likely N-dealkylation sites (tertiary alicyclic amines) is 1. The summed E-state index contributed by atoms with van der Waals surface area (Å²) in [5.41, 5.74) is 5.17. The van der Waals surface area contributed by atoms with Crippen LogP contribution in [0.15, 0.2) is 58.9 Å². The molecule has 38 heavy (non-hydrogen) atoms. The van der Waals surface area contributed by atoms with Crippen LogP contribution in [0.1, 0.15) is 38.9 Å². The van der Waals surface area contributed by atoms with Gasteiger partial charge in [-0.3, -0.25) is 4.90 Å². The average Bonchev–Trinajstić information content (AvgIpc) is 3.55. The van der Waals surface area contributed by atoms with Crippen LogP contribution in [0.3, 0.4) is 0 Å². The zero-order valence-electron chi connectivity index (χ0n) is 22.5. The van der Waals surface area contributed by atoms with Crippen molar-refractivity contribution in [1.29, 1.82) is 0 Å². The van der Waals surface area contributed by atoms with Gasteiger partial charge in [-0.1, -0.05) is 55.8 Å². The first-order chi connectivity index (χ1) is 18.5. The highest BCUT2D eigenvalue weighted by molar-refractivity contribution is 5.58. The number of hydrazine groups is 1. The van der Waals surface area contributed by atoms with Crippen LogP contribution in [0.5, 0.6) is 5.88 Å². The Balaban J connectivity index is 1.27. The SMILES string of the molecule is CC(C)C1C=C(Nc2cc(OCCN3CCCCC3)nc(NCc3cc(-c4ccccc4)no3)n2)NN1C. The minimum atomic E-state index is 0.294. The lowest BCUT2D eigenvalue weighted by Gasteiger charge is -2.26. The number of anilines is 2. The first-order valence-corrected chi connectivity index (χ1v) is 13.5. The van der Waals surface area contributed by atoms with Crippen LogP contribution in [-0.2, 0) is 6.54 Å². The standard InChI is InChI=1S/C28H38N8O2/c1-20(2)24-17-26(33-35(24)3)30-25-18-27(37-15-14-36-12-8-5-9-13-36)32-28(31-25)29-19-22-16-23(34-38-22)21-10-6-4-7-11-21/h4,6-7,10-11,16-18,20,24,33H,5,8-9,12-15,19H2,1-3H3,(H2,29,30,31,32). The van der Waals surface area contributed by atoms with Crippen molar-refractivity contribution in [2.24, 2.45) is 5.92 Å². The number of nitrogens with one attached hydrogen (secondary N) is 3. The van der Waals surface area contributed by atoms with Gasteiger partial charge in [0.25, 0.3) is 0 Å². The highest BCUT2D eigenvalue weighted by Gasteiger charge is 2.24. The normalized spacial score (nSPS) is 18.3. The van der Waals surface area contributed by atoms with Gasteiger partial charge in [-0.15, -0.1) is 0 Å². The third kappa shape index (κ3) is 6.81. The zero-order chi connectivity index (χ0) is 26.3. The van der Waals surface area contributed by atoms with Crippen LogP contribution in [0.4, 0.5) is 11.8 Å². The lowest BCUT2D eigenvalue weighted by atomic mass is 10.1. The molecule has 202 valence electrons. The van der Waals surface area contributed by atoms with Gasteiger partial charge < -0.3 is 25.3 Å². The Morgan fingerprint density at radius 2 is 1.92 bits per heavy atom. The van der Waals surface area contributed by atoms with Crippen LogP contribution < -0.4 is 20.8 Å². The molecule has 2 aliphatic rings. The molecule has 3 aromatic rings. The lowest BCUT2D eigenvalue weighted by molar-refractivity contribution is 0.180. The monoisotopic (exact) mass is 518 g/mol. The number of likely N-dealkylation sites (N-methyl/N-ethyl adjacent to an activating group) is 1. The number of ether oxygens (including phenoxy) is 1. The van der Waals surface area contributed by atoms with Crippen molar-refractivity contribution in [3.05, 3.63) is 60.1 Å². The summed E-state index contributed by atoms with van der Waals surface area (Å²) in [7, 11) is 2.04. The lowest BCUT2D eigenvalue weighted by Crippen LogP contribution is -2.38. The van der Waals surface area contributed by atoms with E-state index in [1.165, 1.54) is 19.3 Å². The first kappa shape index (κ1) is 26.0. The molecule has 2 aromatic heterocycles. The maximum atomic E-state index is 6.09. The molecule has 4 heterocycles. The Morgan fingerprint density at radius 3 is 2.68 bits per heavy atom. The number of benzene rings is 1. The first-order valence-electron chi connectivity index (χ1n) is 13.5. The number of rotatable bonds is 11. The van der Waals surface area contributed by atoms with E-state index >= 15 is 0 Å². The molecule has 0 saturated carbocycles. The Bertz CT molecular complexity index is 1210. The number of hydrogen-bond acceptors (Lipinski definition) is 10. The molecule has 5 rings (SSSR count). The van der Waals surface area contributed by atoms with Crippen LogP contribution in [-0.4, -0.2) is 64.4 Å². The van der Waals surface area contributed by atoms with Gasteiger partial charge >= 0.3 is 0 Å². The summed E-state index contributed by atoms with van der Waals surface area (Å²) in [6, 6.07) is 14.0. The molecule has 1 aromatic carbocycles. The summed E-state index contributed by atoms with van der Waals surface area (Å²) >= 11 is 0. The van der Waals surface area contributed by atoms with Crippen molar-refractivity contribution in [2.45, 2.75) is 45.7 Å². The Kier molecular flexibility index (Phi) is 8.40. The third-order valence-electron chi connectivity index (χ3n) is 6.89. The quantitative estimate of drug-likeness (QED) is 0.340. The van der Waals surface area contributed by atoms with E-state index < -0.39 is 0 Å². The molecule has 3 N–H and O–H groups in total. The van der Waals surface area contributed by atoms with Crippen molar-refractivity contribution in [2.75, 3.05) is 43.9 Å². The maximum absolute atomic E-state index is 6.09. The predicted molar refractivity (Wildman–Crippen MR) is 148 cm³/mol. The number of aromatic nitrogens is 3. The minimum absolute atomic E-state index is 0.294. The topological polar surface area (TPSA) is 104 Å². The molecule has 10 heteroatoms. The fourth-order valence-corrected chi connectivity index (χ4v) is 4.84. The average molecular weight is 519 g/mol. The van der Waals surface area contributed by atoms with E-state index in [9.17, 15) is 0 Å². The second-order valence-electron chi connectivity index (χ2n) is 10.2. The van der Waals surface area contributed by atoms with E-state index in [1.807, 2.05) is 49.5 Å². The second kappa shape index (κ2) is 12.3. The van der Waals surface area contributed by atoms with Crippen molar-refractivity contribution in [1.82, 2.24) is 30.5 Å². The predicted octanol–water partition coefficient (Wildman–Crippen LogP) is 4.34. The Labute approximate surface area is 224 Å². The molecule has 1 unspecified atom stereocenters. The molecule has 1 atom stereocenters. The van der Waals surface area contributed by atoms with Crippen LogP contribution >= 0.6 is 0 Å². The summed E-state index contributed by atoms with van der Waals surface area (Å²) in [5, 5.41) is 13.0. The smallest absolute Gasteiger partial charge is 0.228 e. The zero-order valence-corrected chi connectivity index (χ0v) is 22.5. The van der Waals surface area contributed by atoms with Crippen molar-refractivity contribution < 1.29 is 9.26 Å². The van der Waals surface area contributed by atoms with Gasteiger partial charge in [-0.2, -0.15) is 9.97 Å². The Morgan fingerprint density at radius 1 is 1.11 bits per heavy atom. The fraction of sp³-hybridized carbons (Fsp3) is 0.464. The van der Waals surface area contributed by atoms with Crippen molar-refractivity contribution >= 4 is 11.8 Å². The van der Waals surface area contributed by atoms with E-state index in [-0.39, 0.29) is 0 Å². The van der Waals surface area contributed by atoms with Gasteiger partial charge in [0.2, 0.25) is 11.8 Å².